The molecule has 2 amide bonds. The molecule has 2 aliphatic heterocycles. The molecule has 0 spiro atoms. The molecule has 3 heterocycles. The lowest BCUT2D eigenvalue weighted by molar-refractivity contribution is -0.143. The van der Waals surface area contributed by atoms with Gasteiger partial charge in [0.15, 0.2) is 0 Å². The number of aromatic nitrogens is 1. The number of hydrogen-bond acceptors (Lipinski definition) is 3. The molecule has 2 saturated heterocycles. The van der Waals surface area contributed by atoms with Crippen LogP contribution in [0.25, 0.3) is 11.1 Å². The van der Waals surface area contributed by atoms with E-state index in [1.807, 2.05) is 24.8 Å². The summed E-state index contributed by atoms with van der Waals surface area (Å²) in [4.78, 5) is 33.5. The Balaban J connectivity index is 1.52. The van der Waals surface area contributed by atoms with E-state index in [1.54, 1.807) is 17.0 Å². The molecular formula is C24H28FN3O2. The second-order valence-electron chi connectivity index (χ2n) is 8.42. The van der Waals surface area contributed by atoms with Gasteiger partial charge in [-0.3, -0.25) is 14.6 Å². The molecule has 0 saturated carbocycles. The van der Waals surface area contributed by atoms with E-state index in [1.165, 1.54) is 12.1 Å². The van der Waals surface area contributed by atoms with Gasteiger partial charge in [0.05, 0.1) is 0 Å². The fraction of sp³-hybridized carbons (Fsp3) is 0.458. The Morgan fingerprint density at radius 3 is 2.60 bits per heavy atom. The highest BCUT2D eigenvalue weighted by Gasteiger charge is 2.34. The molecule has 0 aliphatic carbocycles. The van der Waals surface area contributed by atoms with Crippen LogP contribution in [0.1, 0.15) is 49.9 Å². The summed E-state index contributed by atoms with van der Waals surface area (Å²) in [5.41, 5.74) is 3.84. The monoisotopic (exact) mass is 409 g/mol. The summed E-state index contributed by atoms with van der Waals surface area (Å²) in [6.07, 6.45) is 3.26. The lowest BCUT2D eigenvalue weighted by Gasteiger charge is -2.36. The number of likely N-dealkylation sites (tertiary alicyclic amines) is 2. The molecule has 2 aromatic rings. The van der Waals surface area contributed by atoms with Crippen LogP contribution < -0.4 is 0 Å². The summed E-state index contributed by atoms with van der Waals surface area (Å²) in [5.74, 6) is 0.00938. The van der Waals surface area contributed by atoms with Crippen LogP contribution in [0.5, 0.6) is 0 Å². The predicted molar refractivity (Wildman–Crippen MR) is 113 cm³/mol. The van der Waals surface area contributed by atoms with Crippen molar-refractivity contribution in [2.45, 2.75) is 51.5 Å². The number of carbonyl (C=O) groups is 2. The smallest absolute Gasteiger partial charge is 0.245 e. The van der Waals surface area contributed by atoms with Crippen molar-refractivity contribution in [2.75, 3.05) is 19.6 Å². The summed E-state index contributed by atoms with van der Waals surface area (Å²) in [5, 5.41) is 0. The SMILES string of the molecule is Cc1cc(-c2ccc(F)cc2)cc([C@@H]2CCCN(C(=O)[C@@H](C)N3CCCC3=O)C2)n1. The number of benzene rings is 1. The molecule has 2 atom stereocenters. The third-order valence-corrected chi connectivity index (χ3v) is 6.24. The summed E-state index contributed by atoms with van der Waals surface area (Å²) < 4.78 is 13.3. The molecule has 158 valence electrons. The van der Waals surface area contributed by atoms with Crippen molar-refractivity contribution in [1.29, 1.82) is 0 Å². The maximum absolute atomic E-state index is 13.3. The standard InChI is InChI=1S/C24H28FN3O2/c1-16-13-20(18-7-9-21(25)10-8-18)14-22(26-16)19-5-3-11-27(15-19)24(30)17(2)28-12-4-6-23(28)29/h7-10,13-14,17,19H,3-6,11-12,15H2,1-2H3/t17-,19-/m1/s1. The Morgan fingerprint density at radius 1 is 1.13 bits per heavy atom. The van der Waals surface area contributed by atoms with Crippen molar-refractivity contribution in [3.05, 3.63) is 53.6 Å². The molecule has 4 rings (SSSR count). The van der Waals surface area contributed by atoms with E-state index in [2.05, 4.69) is 6.07 Å². The van der Waals surface area contributed by atoms with Crippen molar-refractivity contribution in [1.82, 2.24) is 14.8 Å². The van der Waals surface area contributed by atoms with E-state index in [0.717, 1.165) is 48.3 Å². The topological polar surface area (TPSA) is 53.5 Å². The number of piperidine rings is 1. The molecule has 1 aromatic carbocycles. The molecule has 1 aromatic heterocycles. The van der Waals surface area contributed by atoms with E-state index < -0.39 is 6.04 Å². The maximum Gasteiger partial charge on any atom is 0.245 e. The average Bonchev–Trinajstić information content (AvgIpc) is 3.18. The molecule has 0 radical (unpaired) electrons. The molecule has 0 N–H and O–H groups in total. The predicted octanol–water partition coefficient (Wildman–Crippen LogP) is 3.91. The van der Waals surface area contributed by atoms with Gasteiger partial charge >= 0.3 is 0 Å². The number of rotatable bonds is 4. The van der Waals surface area contributed by atoms with Gasteiger partial charge in [-0.15, -0.1) is 0 Å². The van der Waals surface area contributed by atoms with Gasteiger partial charge in [-0.05, 0) is 68.5 Å². The summed E-state index contributed by atoms with van der Waals surface area (Å²) in [7, 11) is 0. The van der Waals surface area contributed by atoms with Crippen LogP contribution in [0, 0.1) is 12.7 Å². The van der Waals surface area contributed by atoms with E-state index in [4.69, 9.17) is 4.98 Å². The van der Waals surface area contributed by atoms with Crippen LogP contribution in [-0.2, 0) is 9.59 Å². The molecule has 5 nitrogen and oxygen atoms in total. The first-order valence-electron chi connectivity index (χ1n) is 10.7. The highest BCUT2D eigenvalue weighted by molar-refractivity contribution is 5.88. The number of hydrogen-bond donors (Lipinski definition) is 0. The first-order valence-corrected chi connectivity index (χ1v) is 10.7. The quantitative estimate of drug-likeness (QED) is 0.769. The fourth-order valence-corrected chi connectivity index (χ4v) is 4.61. The Kier molecular flexibility index (Phi) is 5.84. The Morgan fingerprint density at radius 2 is 1.90 bits per heavy atom. The molecule has 0 unspecified atom stereocenters. The number of nitrogens with zero attached hydrogens (tertiary/aromatic N) is 3. The van der Waals surface area contributed by atoms with E-state index in [0.29, 0.717) is 19.5 Å². The summed E-state index contributed by atoms with van der Waals surface area (Å²) >= 11 is 0. The van der Waals surface area contributed by atoms with Crippen LogP contribution in [0.15, 0.2) is 36.4 Å². The average molecular weight is 410 g/mol. The van der Waals surface area contributed by atoms with Crippen molar-refractivity contribution in [3.8, 4) is 11.1 Å². The van der Waals surface area contributed by atoms with Crippen LogP contribution in [0.3, 0.4) is 0 Å². The highest BCUT2D eigenvalue weighted by atomic mass is 19.1. The third kappa shape index (κ3) is 4.23. The van der Waals surface area contributed by atoms with Crippen molar-refractivity contribution >= 4 is 11.8 Å². The van der Waals surface area contributed by atoms with Crippen molar-refractivity contribution < 1.29 is 14.0 Å². The van der Waals surface area contributed by atoms with E-state index in [-0.39, 0.29) is 23.5 Å². The van der Waals surface area contributed by atoms with Gasteiger partial charge in [0.2, 0.25) is 11.8 Å². The number of pyridine rings is 1. The van der Waals surface area contributed by atoms with Gasteiger partial charge in [-0.1, -0.05) is 12.1 Å². The van der Waals surface area contributed by atoms with Crippen molar-refractivity contribution in [3.63, 3.8) is 0 Å². The zero-order valence-corrected chi connectivity index (χ0v) is 17.6. The minimum absolute atomic E-state index is 0.0290. The lowest BCUT2D eigenvalue weighted by Crippen LogP contribution is -2.50. The van der Waals surface area contributed by atoms with Gasteiger partial charge in [0.1, 0.15) is 11.9 Å². The molecule has 6 heteroatoms. The first kappa shape index (κ1) is 20.5. The minimum atomic E-state index is -0.404. The van der Waals surface area contributed by atoms with Crippen molar-refractivity contribution in [2.24, 2.45) is 0 Å². The highest BCUT2D eigenvalue weighted by Crippen LogP contribution is 2.30. The number of carbonyl (C=O) groups excluding carboxylic acids is 2. The molecule has 0 bridgehead atoms. The normalized spacial score (nSPS) is 20.5. The summed E-state index contributed by atoms with van der Waals surface area (Å²) in [6, 6.07) is 10.1. The van der Waals surface area contributed by atoms with Crippen LogP contribution in [-0.4, -0.2) is 52.3 Å². The number of amides is 2. The lowest BCUT2D eigenvalue weighted by atomic mass is 9.92. The third-order valence-electron chi connectivity index (χ3n) is 6.24. The Labute approximate surface area is 176 Å². The fourth-order valence-electron chi connectivity index (χ4n) is 4.61. The zero-order valence-electron chi connectivity index (χ0n) is 17.6. The molecule has 2 fully saturated rings. The first-order chi connectivity index (χ1) is 14.4. The Bertz CT molecular complexity index is 944. The van der Waals surface area contributed by atoms with Gasteiger partial charge in [-0.25, -0.2) is 4.39 Å². The van der Waals surface area contributed by atoms with Crippen LogP contribution in [0.4, 0.5) is 4.39 Å². The van der Waals surface area contributed by atoms with E-state index >= 15 is 0 Å². The molecular weight excluding hydrogens is 381 g/mol. The largest absolute Gasteiger partial charge is 0.340 e. The number of aryl methyl sites for hydroxylation is 1. The number of halogens is 1. The van der Waals surface area contributed by atoms with E-state index in [9.17, 15) is 14.0 Å². The van der Waals surface area contributed by atoms with Gasteiger partial charge < -0.3 is 9.80 Å². The molecule has 2 aliphatic rings. The molecule has 30 heavy (non-hydrogen) atoms. The minimum Gasteiger partial charge on any atom is -0.340 e. The second kappa shape index (κ2) is 8.54. The van der Waals surface area contributed by atoms with Gasteiger partial charge in [0, 0.05) is 43.4 Å². The maximum atomic E-state index is 13.3. The van der Waals surface area contributed by atoms with Gasteiger partial charge in [0.25, 0.3) is 0 Å². The summed E-state index contributed by atoms with van der Waals surface area (Å²) in [6.45, 7) is 5.81. The van der Waals surface area contributed by atoms with Crippen LogP contribution in [0.2, 0.25) is 0 Å². The zero-order chi connectivity index (χ0) is 21.3. The van der Waals surface area contributed by atoms with Gasteiger partial charge in [-0.2, -0.15) is 0 Å². The second-order valence-corrected chi connectivity index (χ2v) is 8.42. The Hall–Kier alpha value is -2.76. The van der Waals surface area contributed by atoms with Crippen LogP contribution >= 0.6 is 0 Å².